The van der Waals surface area contributed by atoms with Crippen LogP contribution in [-0.2, 0) is 26.2 Å². The van der Waals surface area contributed by atoms with Crippen molar-refractivity contribution in [1.29, 1.82) is 0 Å². The molecule has 39 heavy (non-hydrogen) atoms. The van der Waals surface area contributed by atoms with E-state index in [2.05, 4.69) is 5.32 Å². The molecule has 0 bridgehead atoms. The zero-order valence-corrected chi connectivity index (χ0v) is 23.6. The van der Waals surface area contributed by atoms with E-state index in [1.807, 2.05) is 0 Å². The Bertz CT molecular complexity index is 1450. The fraction of sp³-hybridized carbons (Fsp3) is 0.259. The molecule has 1 aliphatic rings. The molecule has 9 nitrogen and oxygen atoms in total. The smallest absolute Gasteiger partial charge is 0.264 e. The summed E-state index contributed by atoms with van der Waals surface area (Å²) in [6.07, 6.45) is 0. The zero-order chi connectivity index (χ0) is 28.2. The van der Waals surface area contributed by atoms with Crippen molar-refractivity contribution in [3.63, 3.8) is 0 Å². The molecule has 12 heteroatoms. The van der Waals surface area contributed by atoms with Gasteiger partial charge in [0.15, 0.2) is 11.5 Å². The predicted octanol–water partition coefficient (Wildman–Crippen LogP) is 4.12. The van der Waals surface area contributed by atoms with Gasteiger partial charge in [0, 0.05) is 35.3 Å². The summed E-state index contributed by atoms with van der Waals surface area (Å²) in [5, 5.41) is 3.15. The van der Waals surface area contributed by atoms with Crippen LogP contribution in [0.15, 0.2) is 71.6 Å². The highest BCUT2D eigenvalue weighted by Crippen LogP contribution is 2.36. The van der Waals surface area contributed by atoms with Crippen LogP contribution >= 0.6 is 23.2 Å². The molecule has 0 fully saturated rings. The van der Waals surface area contributed by atoms with E-state index in [0.29, 0.717) is 40.3 Å². The summed E-state index contributed by atoms with van der Waals surface area (Å²) in [5.74, 6) is -0.255. The van der Waals surface area contributed by atoms with Crippen molar-refractivity contribution in [1.82, 2.24) is 10.2 Å². The number of ether oxygens (including phenoxy) is 2. The highest BCUT2D eigenvalue weighted by molar-refractivity contribution is 7.92. The maximum Gasteiger partial charge on any atom is 0.264 e. The summed E-state index contributed by atoms with van der Waals surface area (Å²) in [6, 6.07) is 16.4. The Hall–Kier alpha value is -3.47. The molecule has 0 saturated heterocycles. The number of fused-ring (bicyclic) bond motifs is 1. The van der Waals surface area contributed by atoms with Crippen LogP contribution in [0.25, 0.3) is 0 Å². The molecule has 1 aliphatic heterocycles. The van der Waals surface area contributed by atoms with Gasteiger partial charge in [0.25, 0.3) is 10.0 Å². The monoisotopic (exact) mass is 591 g/mol. The molecule has 3 aromatic carbocycles. The third-order valence-electron chi connectivity index (χ3n) is 6.23. The van der Waals surface area contributed by atoms with Crippen molar-refractivity contribution in [3.8, 4) is 11.5 Å². The Morgan fingerprint density at radius 1 is 0.949 bits per heavy atom. The van der Waals surface area contributed by atoms with Gasteiger partial charge in [0.05, 0.1) is 10.6 Å². The molecule has 3 aromatic rings. The fourth-order valence-corrected chi connectivity index (χ4v) is 6.02. The fourth-order valence-electron chi connectivity index (χ4n) is 4.08. The molecule has 4 rings (SSSR count). The molecule has 0 saturated carbocycles. The summed E-state index contributed by atoms with van der Waals surface area (Å²) in [7, 11) is -2.76. The van der Waals surface area contributed by atoms with Crippen molar-refractivity contribution in [3.05, 3.63) is 82.3 Å². The summed E-state index contributed by atoms with van der Waals surface area (Å²) >= 11 is 12.7. The first-order valence-electron chi connectivity index (χ1n) is 12.0. The highest BCUT2D eigenvalue weighted by Gasteiger charge is 2.33. The Labute approximate surface area is 237 Å². The molecule has 0 unspecified atom stereocenters. The maximum absolute atomic E-state index is 13.9. The number of sulfonamides is 1. The lowest BCUT2D eigenvalue weighted by Gasteiger charge is -2.32. The van der Waals surface area contributed by atoms with Gasteiger partial charge in [-0.1, -0.05) is 47.5 Å². The van der Waals surface area contributed by atoms with Crippen LogP contribution in [-0.4, -0.2) is 58.0 Å². The van der Waals surface area contributed by atoms with E-state index in [-0.39, 0.29) is 17.1 Å². The van der Waals surface area contributed by atoms with E-state index in [1.165, 1.54) is 30.1 Å². The Balaban J connectivity index is 1.76. The number of rotatable bonds is 9. The number of halogens is 2. The molecule has 0 radical (unpaired) electrons. The van der Waals surface area contributed by atoms with Crippen LogP contribution in [0, 0.1) is 0 Å². The number of hydrogen-bond acceptors (Lipinski definition) is 6. The molecule has 1 heterocycles. The van der Waals surface area contributed by atoms with Gasteiger partial charge in [-0.05, 0) is 43.3 Å². The van der Waals surface area contributed by atoms with E-state index in [1.54, 1.807) is 55.5 Å². The van der Waals surface area contributed by atoms with E-state index >= 15 is 0 Å². The third kappa shape index (κ3) is 6.24. The molecular weight excluding hydrogens is 565 g/mol. The van der Waals surface area contributed by atoms with Crippen molar-refractivity contribution < 1.29 is 27.5 Å². The predicted molar refractivity (Wildman–Crippen MR) is 149 cm³/mol. The lowest BCUT2D eigenvalue weighted by molar-refractivity contribution is -0.139. The molecule has 0 aliphatic carbocycles. The van der Waals surface area contributed by atoms with Crippen molar-refractivity contribution >= 4 is 50.7 Å². The SMILES string of the molecule is CNC(=O)[C@@H](C)N(Cc1c(Cl)cccc1Cl)C(=O)CN(c1ccc2c(c1)OCCO2)S(=O)(=O)c1ccccc1. The van der Waals surface area contributed by atoms with Gasteiger partial charge in [-0.3, -0.25) is 13.9 Å². The van der Waals surface area contributed by atoms with Crippen LogP contribution < -0.4 is 19.1 Å². The normalized spacial score (nSPS) is 13.3. The lowest BCUT2D eigenvalue weighted by Crippen LogP contribution is -2.50. The second-order valence-electron chi connectivity index (χ2n) is 8.66. The number of anilines is 1. The first-order chi connectivity index (χ1) is 18.6. The minimum absolute atomic E-state index is 0.00672. The van der Waals surface area contributed by atoms with Crippen LogP contribution in [0.2, 0.25) is 10.0 Å². The summed E-state index contributed by atoms with van der Waals surface area (Å²) in [5.41, 5.74) is 0.626. The second-order valence-corrected chi connectivity index (χ2v) is 11.3. The quantitative estimate of drug-likeness (QED) is 0.401. The van der Waals surface area contributed by atoms with Gasteiger partial charge in [-0.25, -0.2) is 8.42 Å². The number of amides is 2. The number of hydrogen-bond donors (Lipinski definition) is 1. The van der Waals surface area contributed by atoms with Crippen LogP contribution in [0.3, 0.4) is 0 Å². The zero-order valence-electron chi connectivity index (χ0n) is 21.3. The molecule has 0 spiro atoms. The van der Waals surface area contributed by atoms with Crippen molar-refractivity contribution in [2.45, 2.75) is 24.4 Å². The summed E-state index contributed by atoms with van der Waals surface area (Å²) in [6.45, 7) is 1.48. The number of nitrogens with zero attached hydrogens (tertiary/aromatic N) is 2. The molecular formula is C27H27Cl2N3O6S. The largest absolute Gasteiger partial charge is 0.486 e. The first kappa shape index (κ1) is 28.5. The van der Waals surface area contributed by atoms with Gasteiger partial charge < -0.3 is 19.7 Å². The molecule has 206 valence electrons. The van der Waals surface area contributed by atoms with Crippen LogP contribution in [0.4, 0.5) is 5.69 Å². The van der Waals surface area contributed by atoms with Gasteiger partial charge in [0.1, 0.15) is 25.8 Å². The van der Waals surface area contributed by atoms with Gasteiger partial charge in [0.2, 0.25) is 11.8 Å². The molecule has 0 aromatic heterocycles. The Morgan fingerprint density at radius 2 is 1.59 bits per heavy atom. The average molecular weight is 593 g/mol. The van der Waals surface area contributed by atoms with Gasteiger partial charge in [-0.2, -0.15) is 0 Å². The molecule has 1 N–H and O–H groups in total. The molecule has 2 amide bonds. The third-order valence-corrected chi connectivity index (χ3v) is 8.72. The van der Waals surface area contributed by atoms with Gasteiger partial charge >= 0.3 is 0 Å². The Morgan fingerprint density at radius 3 is 2.23 bits per heavy atom. The first-order valence-corrected chi connectivity index (χ1v) is 14.2. The summed E-state index contributed by atoms with van der Waals surface area (Å²) < 4.78 is 39.9. The Kier molecular flexibility index (Phi) is 8.89. The number of carbonyl (C=O) groups excluding carboxylic acids is 2. The minimum Gasteiger partial charge on any atom is -0.486 e. The number of benzene rings is 3. The number of nitrogens with one attached hydrogen (secondary N) is 1. The van der Waals surface area contributed by atoms with E-state index in [4.69, 9.17) is 32.7 Å². The number of likely N-dealkylation sites (N-methyl/N-ethyl adjacent to an activating group) is 1. The summed E-state index contributed by atoms with van der Waals surface area (Å²) in [4.78, 5) is 27.7. The van der Waals surface area contributed by atoms with E-state index in [0.717, 1.165) is 4.31 Å². The topological polar surface area (TPSA) is 105 Å². The minimum atomic E-state index is -4.21. The van der Waals surface area contributed by atoms with Gasteiger partial charge in [-0.15, -0.1) is 0 Å². The average Bonchev–Trinajstić information content (AvgIpc) is 2.95. The maximum atomic E-state index is 13.9. The highest BCUT2D eigenvalue weighted by atomic mass is 35.5. The number of carbonyl (C=O) groups is 2. The van der Waals surface area contributed by atoms with E-state index < -0.39 is 34.4 Å². The molecule has 1 atom stereocenters. The second kappa shape index (κ2) is 12.1. The van der Waals surface area contributed by atoms with Crippen LogP contribution in [0.5, 0.6) is 11.5 Å². The van der Waals surface area contributed by atoms with Crippen LogP contribution in [0.1, 0.15) is 12.5 Å². The standard InChI is InChI=1S/C27H27Cl2N3O6S/c1-18(27(34)30-2)31(16-21-22(28)9-6-10-23(21)29)26(33)17-32(39(35,36)20-7-4-3-5-8-20)19-11-12-24-25(15-19)38-14-13-37-24/h3-12,15,18H,13-14,16-17H2,1-2H3,(H,30,34)/t18-/m1/s1. The van der Waals surface area contributed by atoms with E-state index in [9.17, 15) is 18.0 Å². The lowest BCUT2D eigenvalue weighted by atomic mass is 10.1. The van der Waals surface area contributed by atoms with Crippen molar-refractivity contribution in [2.24, 2.45) is 0 Å². The van der Waals surface area contributed by atoms with Crippen molar-refractivity contribution in [2.75, 3.05) is 31.1 Å².